The number of hydrogen-bond donors (Lipinski definition) is 2. The number of fused-ring (bicyclic) bond motifs is 1. The lowest BCUT2D eigenvalue weighted by Gasteiger charge is -2.23. The van der Waals surface area contributed by atoms with Crippen molar-refractivity contribution in [1.29, 1.82) is 0 Å². The van der Waals surface area contributed by atoms with Gasteiger partial charge in [-0.3, -0.25) is 0 Å². The van der Waals surface area contributed by atoms with Gasteiger partial charge in [0, 0.05) is 35.1 Å². The second-order valence-corrected chi connectivity index (χ2v) is 8.43. The number of hydrogen-bond acceptors (Lipinski definition) is 4. The third-order valence-electron chi connectivity index (χ3n) is 5.07. The lowest BCUT2D eigenvalue weighted by Crippen LogP contribution is -2.36. The highest BCUT2D eigenvalue weighted by atomic mass is 32.1. The zero-order chi connectivity index (χ0) is 21.1. The molecule has 0 fully saturated rings. The van der Waals surface area contributed by atoms with Crippen molar-refractivity contribution < 1.29 is 4.79 Å². The Labute approximate surface area is 180 Å². The summed E-state index contributed by atoms with van der Waals surface area (Å²) in [6.07, 6.45) is 4.01. The molecular formula is C23H25N5OS. The molecule has 6 nitrogen and oxygen atoms in total. The average Bonchev–Trinajstić information content (AvgIpc) is 3.39. The van der Waals surface area contributed by atoms with Gasteiger partial charge in [-0.25, -0.2) is 9.78 Å². The number of carbonyl (C=O) groups excluding carboxylic acids is 1. The Balaban J connectivity index is 1.39. The number of aryl methyl sites for hydroxylation is 1. The summed E-state index contributed by atoms with van der Waals surface area (Å²) >= 11 is 1.70. The maximum absolute atomic E-state index is 12.4. The van der Waals surface area contributed by atoms with Crippen LogP contribution in [0.25, 0.3) is 16.9 Å². The van der Waals surface area contributed by atoms with Gasteiger partial charge in [0.1, 0.15) is 5.65 Å². The van der Waals surface area contributed by atoms with Gasteiger partial charge in [0.05, 0.1) is 11.7 Å². The molecule has 0 aliphatic rings. The quantitative estimate of drug-likeness (QED) is 0.472. The number of nitrogens with zero attached hydrogens (tertiary/aromatic N) is 3. The highest BCUT2D eigenvalue weighted by molar-refractivity contribution is 7.10. The van der Waals surface area contributed by atoms with Crippen molar-refractivity contribution in [3.05, 3.63) is 76.7 Å². The summed E-state index contributed by atoms with van der Waals surface area (Å²) in [5.41, 5.74) is 4.75. The number of aromatic nitrogens is 2. The van der Waals surface area contributed by atoms with Crippen molar-refractivity contribution in [2.24, 2.45) is 0 Å². The molecule has 0 aliphatic heterocycles. The Kier molecular flexibility index (Phi) is 5.83. The molecule has 2 N–H and O–H groups in total. The van der Waals surface area contributed by atoms with Crippen molar-refractivity contribution in [3.8, 4) is 11.3 Å². The van der Waals surface area contributed by atoms with E-state index >= 15 is 0 Å². The summed E-state index contributed by atoms with van der Waals surface area (Å²) in [4.78, 5) is 20.4. The van der Waals surface area contributed by atoms with Crippen molar-refractivity contribution >= 4 is 28.7 Å². The van der Waals surface area contributed by atoms with Gasteiger partial charge in [0.15, 0.2) is 0 Å². The van der Waals surface area contributed by atoms with Gasteiger partial charge >= 0.3 is 6.03 Å². The van der Waals surface area contributed by atoms with Crippen LogP contribution in [0.5, 0.6) is 0 Å². The minimum Gasteiger partial charge on any atom is -0.336 e. The highest BCUT2D eigenvalue weighted by Crippen LogP contribution is 2.23. The van der Waals surface area contributed by atoms with E-state index in [1.807, 2.05) is 67.3 Å². The van der Waals surface area contributed by atoms with Gasteiger partial charge in [-0.2, -0.15) is 0 Å². The number of likely N-dealkylation sites (N-methyl/N-ethyl adjacent to an activating group) is 1. The Morgan fingerprint density at radius 3 is 2.63 bits per heavy atom. The van der Waals surface area contributed by atoms with Crippen LogP contribution >= 0.6 is 11.3 Å². The molecule has 0 saturated carbocycles. The molecular weight excluding hydrogens is 394 g/mol. The van der Waals surface area contributed by atoms with Crippen LogP contribution in [0.4, 0.5) is 10.5 Å². The molecule has 154 valence electrons. The number of thiophene rings is 1. The number of imidazole rings is 1. The number of rotatable bonds is 6. The molecule has 7 heteroatoms. The van der Waals surface area contributed by atoms with E-state index in [1.54, 1.807) is 11.3 Å². The largest absolute Gasteiger partial charge is 0.336 e. The number of carbonyl (C=O) groups is 1. The summed E-state index contributed by atoms with van der Waals surface area (Å²) in [7, 11) is 4.03. The van der Waals surface area contributed by atoms with Crippen LogP contribution in [0.3, 0.4) is 0 Å². The number of anilines is 1. The van der Waals surface area contributed by atoms with Gasteiger partial charge in [0.2, 0.25) is 0 Å². The highest BCUT2D eigenvalue weighted by Gasteiger charge is 2.16. The standard InChI is InChI=1S/C23H25N5OS/c1-16-6-4-12-28-15-19(26-22(16)28)17-8-10-18(11-9-17)25-23(29)24-14-20(27(2)3)21-7-5-13-30-21/h4-13,15,20H,14H2,1-3H3,(H2,24,25,29). The first-order valence-corrected chi connectivity index (χ1v) is 10.7. The topological polar surface area (TPSA) is 61.7 Å². The number of pyridine rings is 1. The van der Waals surface area contributed by atoms with Crippen molar-refractivity contribution in [3.63, 3.8) is 0 Å². The van der Waals surface area contributed by atoms with E-state index in [1.165, 1.54) is 4.88 Å². The average molecular weight is 420 g/mol. The van der Waals surface area contributed by atoms with Crippen molar-refractivity contribution in [2.45, 2.75) is 13.0 Å². The molecule has 0 bridgehead atoms. The fourth-order valence-corrected chi connectivity index (χ4v) is 4.32. The third-order valence-corrected chi connectivity index (χ3v) is 6.04. The SMILES string of the molecule is Cc1cccn2cc(-c3ccc(NC(=O)NCC(c4cccs4)N(C)C)cc3)nc12. The molecule has 0 aliphatic carbocycles. The second kappa shape index (κ2) is 8.69. The lowest BCUT2D eigenvalue weighted by molar-refractivity contribution is 0.244. The number of nitrogens with one attached hydrogen (secondary N) is 2. The molecule has 0 spiro atoms. The molecule has 1 aromatic carbocycles. The smallest absolute Gasteiger partial charge is 0.319 e. The van der Waals surface area contributed by atoms with Gasteiger partial charge in [0.25, 0.3) is 0 Å². The molecule has 2 amide bonds. The first-order valence-electron chi connectivity index (χ1n) is 9.80. The van der Waals surface area contributed by atoms with E-state index in [9.17, 15) is 4.79 Å². The number of benzene rings is 1. The van der Waals surface area contributed by atoms with E-state index in [-0.39, 0.29) is 12.1 Å². The molecule has 1 atom stereocenters. The zero-order valence-corrected chi connectivity index (χ0v) is 18.1. The molecule has 3 aromatic heterocycles. The maximum atomic E-state index is 12.4. The Morgan fingerprint density at radius 2 is 1.97 bits per heavy atom. The molecule has 30 heavy (non-hydrogen) atoms. The first kappa shape index (κ1) is 20.1. The molecule has 0 saturated heterocycles. The summed E-state index contributed by atoms with van der Waals surface area (Å²) in [6, 6.07) is 15.9. The third kappa shape index (κ3) is 4.37. The van der Waals surface area contributed by atoms with E-state index in [0.29, 0.717) is 6.54 Å². The van der Waals surface area contributed by atoms with E-state index in [2.05, 4.69) is 40.0 Å². The predicted octanol–water partition coefficient (Wildman–Crippen LogP) is 4.80. The van der Waals surface area contributed by atoms with Crippen LogP contribution < -0.4 is 10.6 Å². The molecule has 3 heterocycles. The minimum atomic E-state index is -0.213. The second-order valence-electron chi connectivity index (χ2n) is 7.46. The van der Waals surface area contributed by atoms with Crippen LogP contribution in [-0.4, -0.2) is 41.0 Å². The summed E-state index contributed by atoms with van der Waals surface area (Å²) in [5, 5.41) is 7.93. The fourth-order valence-electron chi connectivity index (χ4n) is 3.40. The van der Waals surface area contributed by atoms with Gasteiger partial charge in [-0.15, -0.1) is 11.3 Å². The van der Waals surface area contributed by atoms with Gasteiger partial charge in [-0.1, -0.05) is 24.3 Å². The first-order chi connectivity index (χ1) is 14.5. The van der Waals surface area contributed by atoms with Gasteiger partial charge < -0.3 is 19.9 Å². The molecule has 4 aromatic rings. The van der Waals surface area contributed by atoms with Crippen molar-refractivity contribution in [2.75, 3.05) is 26.0 Å². The van der Waals surface area contributed by atoms with Crippen LogP contribution in [0.1, 0.15) is 16.5 Å². The van der Waals surface area contributed by atoms with Crippen LogP contribution in [0.15, 0.2) is 66.3 Å². The fraction of sp³-hybridized carbons (Fsp3) is 0.217. The Bertz CT molecular complexity index is 1130. The lowest BCUT2D eigenvalue weighted by atomic mass is 10.1. The number of urea groups is 1. The van der Waals surface area contributed by atoms with Crippen LogP contribution in [0, 0.1) is 6.92 Å². The minimum absolute atomic E-state index is 0.150. The van der Waals surface area contributed by atoms with Crippen LogP contribution in [-0.2, 0) is 0 Å². The Morgan fingerprint density at radius 1 is 1.17 bits per heavy atom. The van der Waals surface area contributed by atoms with Crippen LogP contribution in [0.2, 0.25) is 0 Å². The molecule has 0 radical (unpaired) electrons. The monoisotopic (exact) mass is 419 g/mol. The van der Waals surface area contributed by atoms with Crippen molar-refractivity contribution in [1.82, 2.24) is 19.6 Å². The predicted molar refractivity (Wildman–Crippen MR) is 123 cm³/mol. The zero-order valence-electron chi connectivity index (χ0n) is 17.3. The molecule has 4 rings (SSSR count). The van der Waals surface area contributed by atoms with E-state index in [4.69, 9.17) is 4.98 Å². The molecule has 1 unspecified atom stereocenters. The summed E-state index contributed by atoms with van der Waals surface area (Å²) in [6.45, 7) is 2.59. The number of amides is 2. The summed E-state index contributed by atoms with van der Waals surface area (Å²) < 4.78 is 2.03. The Hall–Kier alpha value is -3.16. The van der Waals surface area contributed by atoms with Gasteiger partial charge in [-0.05, 0) is 56.2 Å². The summed E-state index contributed by atoms with van der Waals surface area (Å²) in [5.74, 6) is 0. The van der Waals surface area contributed by atoms with E-state index in [0.717, 1.165) is 28.2 Å². The normalized spacial score (nSPS) is 12.3. The maximum Gasteiger partial charge on any atom is 0.319 e. The van der Waals surface area contributed by atoms with E-state index < -0.39 is 0 Å².